The van der Waals surface area contributed by atoms with E-state index in [1.54, 1.807) is 62.4 Å². The number of rotatable bonds is 6. The highest BCUT2D eigenvalue weighted by atomic mass is 35.5. The quantitative estimate of drug-likeness (QED) is 0.655. The zero-order valence-electron chi connectivity index (χ0n) is 14.7. The first-order valence-corrected chi connectivity index (χ1v) is 8.93. The van der Waals surface area contributed by atoms with E-state index in [9.17, 15) is 9.59 Å². The molecular formula is C20H22Cl2O4. The first-order chi connectivity index (χ1) is 12.2. The summed E-state index contributed by atoms with van der Waals surface area (Å²) in [4.78, 5) is 19.3. The Morgan fingerprint density at radius 3 is 1.19 bits per heavy atom. The van der Waals surface area contributed by atoms with Crippen LogP contribution in [0.3, 0.4) is 0 Å². The topological polar surface area (TPSA) is 74.6 Å². The standard InChI is InChI=1S/2C10H11ClO2/c2*1-2-10(11,9(12)13)8-6-4-3-5-7-8/h2*3-7H,2H2,1H3,(H,12,13). The third-order valence-corrected chi connectivity index (χ3v) is 5.41. The van der Waals surface area contributed by atoms with E-state index in [4.69, 9.17) is 33.4 Å². The van der Waals surface area contributed by atoms with Gasteiger partial charge in [-0.25, -0.2) is 9.59 Å². The van der Waals surface area contributed by atoms with Crippen molar-refractivity contribution >= 4 is 35.1 Å². The van der Waals surface area contributed by atoms with E-state index in [0.29, 0.717) is 24.0 Å². The largest absolute Gasteiger partial charge is 0.480 e. The first-order valence-electron chi connectivity index (χ1n) is 8.18. The highest BCUT2D eigenvalue weighted by Gasteiger charge is 2.36. The van der Waals surface area contributed by atoms with Gasteiger partial charge >= 0.3 is 11.9 Å². The van der Waals surface area contributed by atoms with Crippen LogP contribution in [0.25, 0.3) is 0 Å². The molecule has 0 amide bonds. The zero-order valence-corrected chi connectivity index (χ0v) is 16.2. The second kappa shape index (κ2) is 9.60. The molecule has 26 heavy (non-hydrogen) atoms. The van der Waals surface area contributed by atoms with Crippen LogP contribution in [0.15, 0.2) is 60.7 Å². The fraction of sp³-hybridized carbons (Fsp3) is 0.300. The third-order valence-electron chi connectivity index (χ3n) is 4.12. The molecule has 140 valence electrons. The second-order valence-electron chi connectivity index (χ2n) is 5.65. The molecule has 0 saturated heterocycles. The maximum Gasteiger partial charge on any atom is 0.329 e. The Morgan fingerprint density at radius 2 is 1.00 bits per heavy atom. The third kappa shape index (κ3) is 4.99. The SMILES string of the molecule is CCC(Cl)(C(=O)O)c1ccccc1.CCC(Cl)(C(=O)O)c1ccccc1. The maximum atomic E-state index is 10.9. The number of hydrogen-bond acceptors (Lipinski definition) is 2. The highest BCUT2D eigenvalue weighted by Crippen LogP contribution is 2.33. The van der Waals surface area contributed by atoms with E-state index in [0.717, 1.165) is 0 Å². The molecule has 0 bridgehead atoms. The van der Waals surface area contributed by atoms with Crippen molar-refractivity contribution in [3.63, 3.8) is 0 Å². The molecule has 0 radical (unpaired) electrons. The molecule has 0 spiro atoms. The number of aliphatic carboxylic acids is 2. The minimum atomic E-state index is -1.28. The molecule has 2 aromatic rings. The van der Waals surface area contributed by atoms with Crippen LogP contribution in [0.5, 0.6) is 0 Å². The summed E-state index contributed by atoms with van der Waals surface area (Å²) in [6, 6.07) is 17.7. The predicted molar refractivity (Wildman–Crippen MR) is 104 cm³/mol. The fourth-order valence-electron chi connectivity index (χ4n) is 2.36. The van der Waals surface area contributed by atoms with Crippen LogP contribution in [-0.4, -0.2) is 22.2 Å². The molecule has 0 saturated carbocycles. The fourth-order valence-corrected chi connectivity index (χ4v) is 2.61. The van der Waals surface area contributed by atoms with Gasteiger partial charge < -0.3 is 10.2 Å². The van der Waals surface area contributed by atoms with Crippen LogP contribution < -0.4 is 0 Å². The van der Waals surface area contributed by atoms with Gasteiger partial charge in [-0.2, -0.15) is 0 Å². The van der Waals surface area contributed by atoms with Crippen molar-refractivity contribution in [3.05, 3.63) is 71.8 Å². The minimum Gasteiger partial charge on any atom is -0.480 e. The van der Waals surface area contributed by atoms with Gasteiger partial charge in [-0.05, 0) is 24.0 Å². The highest BCUT2D eigenvalue weighted by molar-refractivity contribution is 6.34. The lowest BCUT2D eigenvalue weighted by Crippen LogP contribution is -2.28. The zero-order chi connectivity index (χ0) is 19.8. The second-order valence-corrected chi connectivity index (χ2v) is 6.94. The van der Waals surface area contributed by atoms with Gasteiger partial charge in [0, 0.05) is 0 Å². The Bertz CT molecular complexity index is 658. The summed E-state index contributed by atoms with van der Waals surface area (Å²) >= 11 is 12.0. The summed E-state index contributed by atoms with van der Waals surface area (Å²) in [5, 5.41) is 17.9. The molecule has 2 rings (SSSR count). The maximum absolute atomic E-state index is 10.9. The molecule has 4 nitrogen and oxygen atoms in total. The molecule has 0 aliphatic heterocycles. The molecule has 0 fully saturated rings. The van der Waals surface area contributed by atoms with E-state index < -0.39 is 21.7 Å². The summed E-state index contributed by atoms with van der Waals surface area (Å²) in [5.41, 5.74) is 1.26. The molecule has 0 aliphatic carbocycles. The van der Waals surface area contributed by atoms with Crippen LogP contribution in [0.2, 0.25) is 0 Å². The molecule has 0 aromatic heterocycles. The minimum absolute atomic E-state index is 0.369. The van der Waals surface area contributed by atoms with Gasteiger partial charge in [-0.3, -0.25) is 0 Å². The average Bonchev–Trinajstić information content (AvgIpc) is 2.68. The summed E-state index contributed by atoms with van der Waals surface area (Å²) in [6.45, 7) is 3.52. The van der Waals surface area contributed by atoms with Crippen molar-refractivity contribution in [2.24, 2.45) is 0 Å². The molecule has 2 N–H and O–H groups in total. The summed E-state index contributed by atoms with van der Waals surface area (Å²) in [6.07, 6.45) is 0.738. The monoisotopic (exact) mass is 396 g/mol. The molecule has 6 heteroatoms. The summed E-state index contributed by atoms with van der Waals surface area (Å²) in [7, 11) is 0. The van der Waals surface area contributed by atoms with E-state index in [1.165, 1.54) is 0 Å². The lowest BCUT2D eigenvalue weighted by molar-refractivity contribution is -0.141. The van der Waals surface area contributed by atoms with Gasteiger partial charge in [-0.15, -0.1) is 23.2 Å². The van der Waals surface area contributed by atoms with Crippen molar-refractivity contribution in [1.29, 1.82) is 0 Å². The molecular weight excluding hydrogens is 375 g/mol. The van der Waals surface area contributed by atoms with E-state index in [2.05, 4.69) is 0 Å². The normalized spacial score (nSPS) is 14.9. The Hall–Kier alpha value is -2.04. The van der Waals surface area contributed by atoms with Gasteiger partial charge in [0.15, 0.2) is 9.75 Å². The van der Waals surface area contributed by atoms with Crippen LogP contribution in [0.1, 0.15) is 37.8 Å². The van der Waals surface area contributed by atoms with Gasteiger partial charge in [0.05, 0.1) is 0 Å². The smallest absolute Gasteiger partial charge is 0.329 e. The number of carboxylic acid groups (broad SMARTS) is 2. The van der Waals surface area contributed by atoms with Crippen LogP contribution >= 0.6 is 23.2 Å². The van der Waals surface area contributed by atoms with Crippen molar-refractivity contribution in [1.82, 2.24) is 0 Å². The molecule has 2 aromatic carbocycles. The Morgan fingerprint density at radius 1 is 0.731 bits per heavy atom. The Balaban J connectivity index is 0.000000260. The Kier molecular flexibility index (Phi) is 8.12. The van der Waals surface area contributed by atoms with Crippen molar-refractivity contribution < 1.29 is 19.8 Å². The average molecular weight is 397 g/mol. The Labute approximate surface area is 163 Å². The van der Waals surface area contributed by atoms with Crippen LogP contribution in [0.4, 0.5) is 0 Å². The number of hydrogen-bond donors (Lipinski definition) is 2. The summed E-state index contributed by atoms with van der Waals surface area (Å²) in [5.74, 6) is -1.99. The summed E-state index contributed by atoms with van der Waals surface area (Å²) < 4.78 is 0. The van der Waals surface area contributed by atoms with E-state index >= 15 is 0 Å². The van der Waals surface area contributed by atoms with Gasteiger partial charge in [-0.1, -0.05) is 74.5 Å². The van der Waals surface area contributed by atoms with Gasteiger partial charge in [0.2, 0.25) is 0 Å². The lowest BCUT2D eigenvalue weighted by Gasteiger charge is -2.20. The number of alkyl halides is 2. The van der Waals surface area contributed by atoms with Crippen molar-refractivity contribution in [3.8, 4) is 0 Å². The number of benzene rings is 2. The molecule has 0 heterocycles. The number of halogens is 2. The number of carbonyl (C=O) groups is 2. The predicted octanol–water partition coefficient (Wildman–Crippen LogP) is 5.23. The van der Waals surface area contributed by atoms with Crippen molar-refractivity contribution in [2.75, 3.05) is 0 Å². The van der Waals surface area contributed by atoms with Crippen LogP contribution in [0, 0.1) is 0 Å². The van der Waals surface area contributed by atoms with E-state index in [1.807, 2.05) is 12.1 Å². The lowest BCUT2D eigenvalue weighted by atomic mass is 9.96. The molecule has 2 atom stereocenters. The van der Waals surface area contributed by atoms with Crippen molar-refractivity contribution in [2.45, 2.75) is 36.4 Å². The van der Waals surface area contributed by atoms with Gasteiger partial charge in [0.25, 0.3) is 0 Å². The first kappa shape index (κ1) is 22.0. The number of carboxylic acids is 2. The molecule has 0 aliphatic rings. The van der Waals surface area contributed by atoms with E-state index in [-0.39, 0.29) is 0 Å². The van der Waals surface area contributed by atoms with Crippen LogP contribution in [-0.2, 0) is 19.3 Å². The van der Waals surface area contributed by atoms with Gasteiger partial charge in [0.1, 0.15) is 0 Å². The molecule has 2 unspecified atom stereocenters.